The molecule has 0 aliphatic carbocycles. The van der Waals surface area contributed by atoms with Gasteiger partial charge in [-0.05, 0) is 30.7 Å². The van der Waals surface area contributed by atoms with E-state index in [0.29, 0.717) is 6.54 Å². The van der Waals surface area contributed by atoms with Crippen LogP contribution in [0.25, 0.3) is 0 Å². The van der Waals surface area contributed by atoms with Gasteiger partial charge in [0.05, 0.1) is 7.11 Å². The van der Waals surface area contributed by atoms with Crippen LogP contribution in [0, 0.1) is 0 Å². The lowest BCUT2D eigenvalue weighted by atomic mass is 10.0. The molecule has 1 rings (SSSR count). The van der Waals surface area contributed by atoms with Crippen LogP contribution in [0.4, 0.5) is 0 Å². The maximum absolute atomic E-state index is 9.52. The SMILES string of the molecule is COc1ccc(O)c(C(C)CN)c1. The number of benzene rings is 1. The Balaban J connectivity index is 3.03. The smallest absolute Gasteiger partial charge is 0.119 e. The van der Waals surface area contributed by atoms with Crippen molar-refractivity contribution in [2.45, 2.75) is 12.8 Å². The number of methoxy groups -OCH3 is 1. The van der Waals surface area contributed by atoms with Gasteiger partial charge in [0.25, 0.3) is 0 Å². The molecule has 3 N–H and O–H groups in total. The van der Waals surface area contributed by atoms with Gasteiger partial charge in [-0.2, -0.15) is 0 Å². The lowest BCUT2D eigenvalue weighted by Gasteiger charge is -2.12. The summed E-state index contributed by atoms with van der Waals surface area (Å²) in [5.74, 6) is 1.17. The monoisotopic (exact) mass is 181 g/mol. The molecule has 3 nitrogen and oxygen atoms in total. The largest absolute Gasteiger partial charge is 0.508 e. The highest BCUT2D eigenvalue weighted by Crippen LogP contribution is 2.28. The maximum Gasteiger partial charge on any atom is 0.119 e. The molecule has 1 atom stereocenters. The number of rotatable bonds is 3. The number of phenols is 1. The van der Waals surface area contributed by atoms with Crippen LogP contribution in [0.5, 0.6) is 11.5 Å². The molecule has 0 aromatic heterocycles. The van der Waals surface area contributed by atoms with E-state index in [1.807, 2.05) is 13.0 Å². The molecule has 0 fully saturated rings. The first-order chi connectivity index (χ1) is 6.19. The summed E-state index contributed by atoms with van der Waals surface area (Å²) >= 11 is 0. The number of nitrogens with two attached hydrogens (primary N) is 1. The molecule has 72 valence electrons. The minimum absolute atomic E-state index is 0.148. The molecule has 0 aliphatic heterocycles. The van der Waals surface area contributed by atoms with Crippen LogP contribution in [-0.4, -0.2) is 18.8 Å². The van der Waals surface area contributed by atoms with Gasteiger partial charge in [-0.1, -0.05) is 6.92 Å². The van der Waals surface area contributed by atoms with E-state index in [9.17, 15) is 5.11 Å². The maximum atomic E-state index is 9.52. The molecule has 0 spiro atoms. The normalized spacial score (nSPS) is 12.5. The number of aromatic hydroxyl groups is 1. The Morgan fingerprint density at radius 1 is 1.54 bits per heavy atom. The molecule has 0 saturated heterocycles. The Kier molecular flexibility index (Phi) is 3.14. The van der Waals surface area contributed by atoms with Crippen molar-refractivity contribution in [2.75, 3.05) is 13.7 Å². The number of ether oxygens (including phenoxy) is 1. The van der Waals surface area contributed by atoms with Gasteiger partial charge >= 0.3 is 0 Å². The van der Waals surface area contributed by atoms with Crippen molar-refractivity contribution in [2.24, 2.45) is 5.73 Å². The number of phenolic OH excluding ortho intramolecular Hbond substituents is 1. The highest BCUT2D eigenvalue weighted by molar-refractivity contribution is 5.41. The molecular weight excluding hydrogens is 166 g/mol. The average molecular weight is 181 g/mol. The van der Waals surface area contributed by atoms with Gasteiger partial charge in [-0.3, -0.25) is 0 Å². The molecule has 0 bridgehead atoms. The third kappa shape index (κ3) is 2.12. The second-order valence-electron chi connectivity index (χ2n) is 3.06. The molecule has 0 heterocycles. The molecule has 1 unspecified atom stereocenters. The van der Waals surface area contributed by atoms with E-state index in [1.54, 1.807) is 19.2 Å². The minimum atomic E-state index is 0.148. The zero-order valence-electron chi connectivity index (χ0n) is 7.95. The molecular formula is C10H15NO2. The highest BCUT2D eigenvalue weighted by atomic mass is 16.5. The zero-order valence-corrected chi connectivity index (χ0v) is 7.95. The van der Waals surface area contributed by atoms with Crippen LogP contribution in [0.15, 0.2) is 18.2 Å². The summed E-state index contributed by atoms with van der Waals surface area (Å²) < 4.78 is 5.05. The van der Waals surface area contributed by atoms with Crippen LogP contribution >= 0.6 is 0 Å². The fourth-order valence-electron chi connectivity index (χ4n) is 1.18. The Morgan fingerprint density at radius 2 is 2.23 bits per heavy atom. The third-order valence-corrected chi connectivity index (χ3v) is 2.12. The van der Waals surface area contributed by atoms with Crippen molar-refractivity contribution >= 4 is 0 Å². The molecule has 3 heteroatoms. The van der Waals surface area contributed by atoms with Crippen molar-refractivity contribution in [3.63, 3.8) is 0 Å². The van der Waals surface area contributed by atoms with E-state index in [1.165, 1.54) is 0 Å². The van der Waals surface area contributed by atoms with Gasteiger partial charge in [0.2, 0.25) is 0 Å². The third-order valence-electron chi connectivity index (χ3n) is 2.12. The van der Waals surface area contributed by atoms with Gasteiger partial charge in [0.1, 0.15) is 11.5 Å². The standard InChI is InChI=1S/C10H15NO2/c1-7(6-11)9-5-8(13-2)3-4-10(9)12/h3-5,7,12H,6,11H2,1-2H3. The van der Waals surface area contributed by atoms with Gasteiger partial charge in [-0.15, -0.1) is 0 Å². The Morgan fingerprint density at radius 3 is 2.77 bits per heavy atom. The van der Waals surface area contributed by atoms with E-state index in [-0.39, 0.29) is 11.7 Å². The summed E-state index contributed by atoms with van der Waals surface area (Å²) in [5, 5.41) is 9.52. The summed E-state index contributed by atoms with van der Waals surface area (Å²) in [6, 6.07) is 5.16. The first-order valence-corrected chi connectivity index (χ1v) is 4.26. The van der Waals surface area contributed by atoms with E-state index in [0.717, 1.165) is 11.3 Å². The zero-order chi connectivity index (χ0) is 9.84. The first-order valence-electron chi connectivity index (χ1n) is 4.26. The van der Waals surface area contributed by atoms with E-state index in [4.69, 9.17) is 10.5 Å². The predicted molar refractivity (Wildman–Crippen MR) is 52.1 cm³/mol. The topological polar surface area (TPSA) is 55.5 Å². The Hall–Kier alpha value is -1.22. The van der Waals surface area contributed by atoms with Gasteiger partial charge < -0.3 is 15.6 Å². The van der Waals surface area contributed by atoms with Gasteiger partial charge in [-0.25, -0.2) is 0 Å². The summed E-state index contributed by atoms with van der Waals surface area (Å²) in [6.45, 7) is 2.48. The summed E-state index contributed by atoms with van der Waals surface area (Å²) in [5.41, 5.74) is 6.35. The summed E-state index contributed by atoms with van der Waals surface area (Å²) in [7, 11) is 1.60. The Labute approximate surface area is 78.1 Å². The Bertz CT molecular complexity index is 286. The second-order valence-corrected chi connectivity index (χ2v) is 3.06. The van der Waals surface area contributed by atoms with Crippen LogP contribution in [0.2, 0.25) is 0 Å². The van der Waals surface area contributed by atoms with Crippen molar-refractivity contribution < 1.29 is 9.84 Å². The van der Waals surface area contributed by atoms with Crippen LogP contribution in [0.1, 0.15) is 18.4 Å². The minimum Gasteiger partial charge on any atom is -0.508 e. The summed E-state index contributed by atoms with van der Waals surface area (Å²) in [6.07, 6.45) is 0. The highest BCUT2D eigenvalue weighted by Gasteiger charge is 2.09. The molecule has 1 aromatic carbocycles. The quantitative estimate of drug-likeness (QED) is 0.742. The molecule has 0 aliphatic rings. The molecule has 0 radical (unpaired) electrons. The van der Waals surface area contributed by atoms with Crippen molar-refractivity contribution in [1.29, 1.82) is 0 Å². The van der Waals surface area contributed by atoms with Crippen molar-refractivity contribution in [3.05, 3.63) is 23.8 Å². The first kappa shape index (κ1) is 9.86. The molecule has 0 saturated carbocycles. The number of hydrogen-bond acceptors (Lipinski definition) is 3. The van der Waals surface area contributed by atoms with E-state index >= 15 is 0 Å². The number of hydrogen-bond donors (Lipinski definition) is 2. The predicted octanol–water partition coefficient (Wildman–Crippen LogP) is 1.46. The fraction of sp³-hybridized carbons (Fsp3) is 0.400. The van der Waals surface area contributed by atoms with E-state index < -0.39 is 0 Å². The van der Waals surface area contributed by atoms with Gasteiger partial charge in [0.15, 0.2) is 0 Å². The average Bonchev–Trinajstić information content (AvgIpc) is 2.17. The van der Waals surface area contributed by atoms with Gasteiger partial charge in [0, 0.05) is 5.56 Å². The molecule has 0 amide bonds. The van der Waals surface area contributed by atoms with Crippen molar-refractivity contribution in [1.82, 2.24) is 0 Å². The van der Waals surface area contributed by atoms with Crippen LogP contribution in [0.3, 0.4) is 0 Å². The molecule has 1 aromatic rings. The fourth-order valence-corrected chi connectivity index (χ4v) is 1.18. The lowest BCUT2D eigenvalue weighted by Crippen LogP contribution is -2.09. The van der Waals surface area contributed by atoms with Crippen LogP contribution in [-0.2, 0) is 0 Å². The summed E-state index contributed by atoms with van der Waals surface area (Å²) in [4.78, 5) is 0. The lowest BCUT2D eigenvalue weighted by molar-refractivity contribution is 0.409. The van der Waals surface area contributed by atoms with Crippen LogP contribution < -0.4 is 10.5 Å². The second kappa shape index (κ2) is 4.14. The van der Waals surface area contributed by atoms with Crippen molar-refractivity contribution in [3.8, 4) is 11.5 Å². The molecule has 13 heavy (non-hydrogen) atoms. The van der Waals surface area contributed by atoms with E-state index in [2.05, 4.69) is 0 Å².